The smallest absolute Gasteiger partial charge is 0.269 e. The predicted molar refractivity (Wildman–Crippen MR) is 80.7 cm³/mol. The maximum Gasteiger partial charge on any atom is 0.269 e. The van der Waals surface area contributed by atoms with Crippen molar-refractivity contribution in [3.63, 3.8) is 0 Å². The molecular formula is C16H17N3O2. The molecular weight excluding hydrogens is 266 g/mol. The molecule has 0 saturated carbocycles. The molecule has 2 aromatic rings. The first kappa shape index (κ1) is 14.7. The van der Waals surface area contributed by atoms with Gasteiger partial charge in [-0.3, -0.25) is 14.6 Å². The van der Waals surface area contributed by atoms with Gasteiger partial charge in [0.25, 0.3) is 5.91 Å². The van der Waals surface area contributed by atoms with Gasteiger partial charge in [-0.05, 0) is 11.6 Å². The maximum atomic E-state index is 11.9. The lowest BCUT2D eigenvalue weighted by molar-refractivity contribution is -0.118. The summed E-state index contributed by atoms with van der Waals surface area (Å²) in [5.41, 5.74) is 2.38. The minimum absolute atomic E-state index is 0.116. The Kier molecular flexibility index (Phi) is 5.04. The molecule has 0 spiro atoms. The highest BCUT2D eigenvalue weighted by molar-refractivity contribution is 5.92. The second-order valence-corrected chi connectivity index (χ2v) is 4.54. The van der Waals surface area contributed by atoms with Crippen LogP contribution in [0.4, 0.5) is 0 Å². The van der Waals surface area contributed by atoms with Crippen LogP contribution < -0.4 is 10.6 Å². The lowest BCUT2D eigenvalue weighted by Gasteiger charge is -2.06. The molecule has 2 amide bonds. The monoisotopic (exact) mass is 283 g/mol. The Bertz CT molecular complexity index is 609. The van der Waals surface area contributed by atoms with Gasteiger partial charge in [-0.2, -0.15) is 0 Å². The molecule has 0 radical (unpaired) electrons. The maximum absolute atomic E-state index is 11.9. The first-order valence-electron chi connectivity index (χ1n) is 6.71. The molecule has 108 valence electrons. The standard InChI is InChI=1S/C16H17N3O2/c1-12(20)17-9-10-18-16(21)15-8-7-14(11-19-15)13-5-3-2-4-6-13/h2-8,11H,9-10H2,1H3,(H,17,20)(H,18,21). The topological polar surface area (TPSA) is 71.1 Å². The number of amides is 2. The van der Waals surface area contributed by atoms with Crippen molar-refractivity contribution in [3.05, 3.63) is 54.4 Å². The number of aromatic nitrogens is 1. The SMILES string of the molecule is CC(=O)NCCNC(=O)c1ccc(-c2ccccc2)cn1. The largest absolute Gasteiger partial charge is 0.355 e. The Hall–Kier alpha value is -2.69. The Balaban J connectivity index is 1.93. The summed E-state index contributed by atoms with van der Waals surface area (Å²) in [4.78, 5) is 26.7. The van der Waals surface area contributed by atoms with Crippen LogP contribution in [-0.4, -0.2) is 29.9 Å². The molecule has 1 aromatic heterocycles. The van der Waals surface area contributed by atoms with E-state index in [2.05, 4.69) is 15.6 Å². The number of benzene rings is 1. The van der Waals surface area contributed by atoms with Gasteiger partial charge in [0.05, 0.1) is 0 Å². The summed E-state index contributed by atoms with van der Waals surface area (Å²) in [7, 11) is 0. The number of rotatable bonds is 5. The Morgan fingerprint density at radius 2 is 1.67 bits per heavy atom. The predicted octanol–water partition coefficient (Wildman–Crippen LogP) is 1.61. The van der Waals surface area contributed by atoms with Crippen LogP contribution in [0.1, 0.15) is 17.4 Å². The molecule has 2 rings (SSSR count). The lowest BCUT2D eigenvalue weighted by Crippen LogP contribution is -2.33. The van der Waals surface area contributed by atoms with Crippen molar-refractivity contribution >= 4 is 11.8 Å². The van der Waals surface area contributed by atoms with Crippen LogP contribution in [0.3, 0.4) is 0 Å². The number of pyridine rings is 1. The van der Waals surface area contributed by atoms with E-state index >= 15 is 0 Å². The number of hydrogen-bond acceptors (Lipinski definition) is 3. The third-order valence-electron chi connectivity index (χ3n) is 2.89. The third kappa shape index (κ3) is 4.42. The lowest BCUT2D eigenvalue weighted by atomic mass is 10.1. The summed E-state index contributed by atoms with van der Waals surface area (Å²) in [6.45, 7) is 2.22. The number of carbonyl (C=O) groups excluding carboxylic acids is 2. The fourth-order valence-electron chi connectivity index (χ4n) is 1.83. The van der Waals surface area contributed by atoms with E-state index in [1.54, 1.807) is 12.3 Å². The van der Waals surface area contributed by atoms with E-state index in [9.17, 15) is 9.59 Å². The van der Waals surface area contributed by atoms with Gasteiger partial charge in [0.2, 0.25) is 5.91 Å². The van der Waals surface area contributed by atoms with Crippen molar-refractivity contribution in [3.8, 4) is 11.1 Å². The number of carbonyl (C=O) groups is 2. The Morgan fingerprint density at radius 3 is 2.29 bits per heavy atom. The average Bonchev–Trinajstić information content (AvgIpc) is 2.52. The van der Waals surface area contributed by atoms with Gasteiger partial charge in [0, 0.05) is 31.8 Å². The van der Waals surface area contributed by atoms with Crippen LogP contribution in [0.25, 0.3) is 11.1 Å². The number of nitrogens with one attached hydrogen (secondary N) is 2. The Morgan fingerprint density at radius 1 is 0.952 bits per heavy atom. The molecule has 0 unspecified atom stereocenters. The minimum atomic E-state index is -0.250. The molecule has 1 aromatic carbocycles. The van der Waals surface area contributed by atoms with Crippen LogP contribution in [0.15, 0.2) is 48.7 Å². The highest BCUT2D eigenvalue weighted by Gasteiger charge is 2.06. The molecule has 1 heterocycles. The summed E-state index contributed by atoms with van der Waals surface area (Å²) in [5.74, 6) is -0.366. The fraction of sp³-hybridized carbons (Fsp3) is 0.188. The van der Waals surface area contributed by atoms with E-state index in [-0.39, 0.29) is 11.8 Å². The first-order valence-corrected chi connectivity index (χ1v) is 6.71. The van der Waals surface area contributed by atoms with Crippen molar-refractivity contribution in [2.45, 2.75) is 6.92 Å². The molecule has 21 heavy (non-hydrogen) atoms. The normalized spacial score (nSPS) is 9.95. The van der Waals surface area contributed by atoms with Crippen LogP contribution in [-0.2, 0) is 4.79 Å². The molecule has 5 nitrogen and oxygen atoms in total. The summed E-state index contributed by atoms with van der Waals surface area (Å²) in [6.07, 6.45) is 1.68. The van der Waals surface area contributed by atoms with Gasteiger partial charge in [-0.15, -0.1) is 0 Å². The van der Waals surface area contributed by atoms with Gasteiger partial charge in [0.15, 0.2) is 0 Å². The zero-order valence-corrected chi connectivity index (χ0v) is 11.8. The van der Waals surface area contributed by atoms with E-state index < -0.39 is 0 Å². The summed E-state index contributed by atoms with van der Waals surface area (Å²) >= 11 is 0. The minimum Gasteiger partial charge on any atom is -0.355 e. The highest BCUT2D eigenvalue weighted by atomic mass is 16.2. The fourth-order valence-corrected chi connectivity index (χ4v) is 1.83. The summed E-state index contributed by atoms with van der Waals surface area (Å²) in [6, 6.07) is 13.4. The van der Waals surface area contributed by atoms with Gasteiger partial charge in [-0.1, -0.05) is 36.4 Å². The molecule has 0 aliphatic carbocycles. The zero-order valence-electron chi connectivity index (χ0n) is 11.8. The van der Waals surface area contributed by atoms with Crippen molar-refractivity contribution in [2.24, 2.45) is 0 Å². The first-order chi connectivity index (χ1) is 10.2. The zero-order chi connectivity index (χ0) is 15.1. The molecule has 0 fully saturated rings. The molecule has 5 heteroatoms. The molecule has 0 saturated heterocycles. The van der Waals surface area contributed by atoms with Crippen LogP contribution in [0.2, 0.25) is 0 Å². The van der Waals surface area contributed by atoms with Gasteiger partial charge in [0.1, 0.15) is 5.69 Å². The third-order valence-corrected chi connectivity index (χ3v) is 2.89. The number of nitrogens with zero attached hydrogens (tertiary/aromatic N) is 1. The highest BCUT2D eigenvalue weighted by Crippen LogP contribution is 2.17. The van der Waals surface area contributed by atoms with E-state index in [0.717, 1.165) is 11.1 Å². The van der Waals surface area contributed by atoms with Crippen molar-refractivity contribution in [1.29, 1.82) is 0 Å². The summed E-state index contributed by atoms with van der Waals surface area (Å²) < 4.78 is 0. The van der Waals surface area contributed by atoms with Crippen molar-refractivity contribution in [2.75, 3.05) is 13.1 Å². The molecule has 2 N–H and O–H groups in total. The van der Waals surface area contributed by atoms with E-state index in [1.165, 1.54) is 6.92 Å². The molecule has 0 atom stereocenters. The summed E-state index contributed by atoms with van der Waals surface area (Å²) in [5, 5.41) is 5.31. The van der Waals surface area contributed by atoms with Gasteiger partial charge in [-0.25, -0.2) is 0 Å². The molecule has 0 bridgehead atoms. The van der Waals surface area contributed by atoms with Gasteiger partial charge < -0.3 is 10.6 Å². The van der Waals surface area contributed by atoms with Crippen molar-refractivity contribution < 1.29 is 9.59 Å². The van der Waals surface area contributed by atoms with E-state index in [4.69, 9.17) is 0 Å². The second-order valence-electron chi connectivity index (χ2n) is 4.54. The molecule has 0 aliphatic heterocycles. The number of hydrogen-bond donors (Lipinski definition) is 2. The van der Waals surface area contributed by atoms with E-state index in [0.29, 0.717) is 18.8 Å². The van der Waals surface area contributed by atoms with Gasteiger partial charge >= 0.3 is 0 Å². The van der Waals surface area contributed by atoms with Crippen LogP contribution in [0, 0.1) is 0 Å². The van der Waals surface area contributed by atoms with Crippen LogP contribution >= 0.6 is 0 Å². The quantitative estimate of drug-likeness (QED) is 0.819. The van der Waals surface area contributed by atoms with E-state index in [1.807, 2.05) is 36.4 Å². The Labute approximate surface area is 123 Å². The molecule has 0 aliphatic rings. The second kappa shape index (κ2) is 7.19. The average molecular weight is 283 g/mol. The van der Waals surface area contributed by atoms with Crippen LogP contribution in [0.5, 0.6) is 0 Å². The van der Waals surface area contributed by atoms with Crippen molar-refractivity contribution in [1.82, 2.24) is 15.6 Å².